The molecule has 4 aromatic heterocycles. The molecular formula is C21H16N6O. The number of hydrogen-bond acceptors (Lipinski definition) is 6. The molecule has 0 spiro atoms. The fraction of sp³-hybridized carbons (Fsp3) is 0.0476. The van der Waals surface area contributed by atoms with Crippen LogP contribution in [0.4, 0.5) is 5.82 Å². The van der Waals surface area contributed by atoms with Crippen LogP contribution in [0.5, 0.6) is 0 Å². The molecule has 0 unspecified atom stereocenters. The van der Waals surface area contributed by atoms with Gasteiger partial charge in [0.25, 0.3) is 0 Å². The van der Waals surface area contributed by atoms with Gasteiger partial charge in [0.2, 0.25) is 5.91 Å². The van der Waals surface area contributed by atoms with Crippen LogP contribution in [0, 0.1) is 0 Å². The average molecular weight is 368 g/mol. The molecule has 0 aliphatic heterocycles. The minimum absolute atomic E-state index is 0.154. The third-order valence-electron chi connectivity index (χ3n) is 4.06. The Hall–Kier alpha value is -4.00. The number of nitrogens with zero attached hydrogens (tertiary/aromatic N) is 5. The Labute approximate surface area is 161 Å². The number of rotatable bonds is 5. The van der Waals surface area contributed by atoms with Gasteiger partial charge in [-0.05, 0) is 48.0 Å². The first kappa shape index (κ1) is 17.4. The Morgan fingerprint density at radius 1 is 0.821 bits per heavy atom. The second kappa shape index (κ2) is 8.13. The minimum Gasteiger partial charge on any atom is -0.310 e. The average Bonchev–Trinajstić information content (AvgIpc) is 2.76. The number of pyridine rings is 3. The molecule has 0 saturated heterocycles. The molecule has 0 radical (unpaired) electrons. The zero-order valence-corrected chi connectivity index (χ0v) is 14.9. The van der Waals surface area contributed by atoms with E-state index in [1.54, 1.807) is 37.1 Å². The van der Waals surface area contributed by atoms with E-state index in [0.29, 0.717) is 5.82 Å². The molecule has 0 aliphatic carbocycles. The standard InChI is InChI=1S/C21H16N6O/c28-21(12-15-3-5-18(23-13-15)16-7-10-22-11-8-16)26-20-6-4-17(14-24-20)19-2-1-9-25-27-19/h1-11,13-14H,12H2,(H,24,26,28). The zero-order chi connectivity index (χ0) is 19.2. The van der Waals surface area contributed by atoms with Gasteiger partial charge in [-0.25, -0.2) is 4.98 Å². The minimum atomic E-state index is -0.154. The molecule has 1 amide bonds. The monoisotopic (exact) mass is 368 g/mol. The summed E-state index contributed by atoms with van der Waals surface area (Å²) in [6.45, 7) is 0. The SMILES string of the molecule is O=C(Cc1ccc(-c2ccncc2)nc1)Nc1ccc(-c2cccnn2)cn1. The summed E-state index contributed by atoms with van der Waals surface area (Å²) in [6, 6.07) is 14.8. The molecule has 0 fully saturated rings. The van der Waals surface area contributed by atoms with Crippen molar-refractivity contribution in [1.82, 2.24) is 25.1 Å². The Bertz CT molecular complexity index is 965. The van der Waals surface area contributed by atoms with E-state index >= 15 is 0 Å². The molecule has 4 aromatic rings. The van der Waals surface area contributed by atoms with E-state index in [4.69, 9.17) is 0 Å². The van der Waals surface area contributed by atoms with Gasteiger partial charge in [-0.3, -0.25) is 14.8 Å². The Kier molecular flexibility index (Phi) is 5.06. The molecule has 0 aliphatic rings. The first-order valence-electron chi connectivity index (χ1n) is 8.67. The van der Waals surface area contributed by atoms with E-state index < -0.39 is 0 Å². The molecule has 4 rings (SSSR count). The highest BCUT2D eigenvalue weighted by Crippen LogP contribution is 2.17. The summed E-state index contributed by atoms with van der Waals surface area (Å²) < 4.78 is 0. The Morgan fingerprint density at radius 3 is 2.39 bits per heavy atom. The number of carbonyl (C=O) groups is 1. The number of amides is 1. The number of hydrogen-bond donors (Lipinski definition) is 1. The Balaban J connectivity index is 1.38. The van der Waals surface area contributed by atoms with Crippen LogP contribution in [0.25, 0.3) is 22.5 Å². The summed E-state index contributed by atoms with van der Waals surface area (Å²) in [4.78, 5) is 25.0. The lowest BCUT2D eigenvalue weighted by molar-refractivity contribution is -0.115. The molecule has 7 heteroatoms. The summed E-state index contributed by atoms with van der Waals surface area (Å²) in [7, 11) is 0. The molecule has 0 atom stereocenters. The van der Waals surface area contributed by atoms with Crippen LogP contribution in [-0.2, 0) is 11.2 Å². The lowest BCUT2D eigenvalue weighted by atomic mass is 10.1. The van der Waals surface area contributed by atoms with Crippen molar-refractivity contribution in [1.29, 1.82) is 0 Å². The fourth-order valence-electron chi connectivity index (χ4n) is 2.67. The van der Waals surface area contributed by atoms with Crippen molar-refractivity contribution in [2.75, 3.05) is 5.32 Å². The second-order valence-electron chi connectivity index (χ2n) is 6.05. The van der Waals surface area contributed by atoms with Crippen LogP contribution >= 0.6 is 0 Å². The summed E-state index contributed by atoms with van der Waals surface area (Å²) in [5.41, 5.74) is 4.22. The van der Waals surface area contributed by atoms with Crippen LogP contribution in [-0.4, -0.2) is 31.1 Å². The summed E-state index contributed by atoms with van der Waals surface area (Å²) in [5.74, 6) is 0.331. The van der Waals surface area contributed by atoms with Crippen LogP contribution in [0.3, 0.4) is 0 Å². The van der Waals surface area contributed by atoms with E-state index in [1.165, 1.54) is 0 Å². The van der Waals surface area contributed by atoms with E-state index in [9.17, 15) is 4.79 Å². The molecular weight excluding hydrogens is 352 g/mol. The molecule has 136 valence electrons. The third-order valence-corrected chi connectivity index (χ3v) is 4.06. The maximum absolute atomic E-state index is 12.3. The zero-order valence-electron chi connectivity index (χ0n) is 14.9. The van der Waals surface area contributed by atoms with Gasteiger partial charge in [0.05, 0.1) is 17.8 Å². The number of anilines is 1. The van der Waals surface area contributed by atoms with Crippen molar-refractivity contribution in [3.05, 3.63) is 85.1 Å². The van der Waals surface area contributed by atoms with Gasteiger partial charge in [0.15, 0.2) is 0 Å². The van der Waals surface area contributed by atoms with Gasteiger partial charge in [0.1, 0.15) is 5.82 Å². The van der Waals surface area contributed by atoms with E-state index in [-0.39, 0.29) is 12.3 Å². The highest BCUT2D eigenvalue weighted by atomic mass is 16.1. The number of carbonyl (C=O) groups excluding carboxylic acids is 1. The normalized spacial score (nSPS) is 10.4. The summed E-state index contributed by atoms with van der Waals surface area (Å²) >= 11 is 0. The molecule has 7 nitrogen and oxygen atoms in total. The maximum atomic E-state index is 12.3. The predicted octanol–water partition coefficient (Wildman–Crippen LogP) is 3.18. The van der Waals surface area contributed by atoms with Gasteiger partial charge in [-0.15, -0.1) is 0 Å². The van der Waals surface area contributed by atoms with Crippen LogP contribution in [0.15, 0.2) is 79.5 Å². The van der Waals surface area contributed by atoms with Crippen molar-refractivity contribution in [3.63, 3.8) is 0 Å². The second-order valence-corrected chi connectivity index (χ2v) is 6.05. The van der Waals surface area contributed by atoms with Gasteiger partial charge >= 0.3 is 0 Å². The maximum Gasteiger partial charge on any atom is 0.230 e. The molecule has 0 aromatic carbocycles. The summed E-state index contributed by atoms with van der Waals surface area (Å²) in [6.07, 6.45) is 8.65. The van der Waals surface area contributed by atoms with Gasteiger partial charge in [0, 0.05) is 42.1 Å². The first-order chi connectivity index (χ1) is 13.8. The lowest BCUT2D eigenvalue weighted by Crippen LogP contribution is -2.15. The highest BCUT2D eigenvalue weighted by Gasteiger charge is 2.07. The molecule has 1 N–H and O–H groups in total. The number of nitrogens with one attached hydrogen (secondary N) is 1. The van der Waals surface area contributed by atoms with Crippen LogP contribution < -0.4 is 5.32 Å². The lowest BCUT2D eigenvalue weighted by Gasteiger charge is -2.06. The smallest absolute Gasteiger partial charge is 0.230 e. The molecule has 4 heterocycles. The van der Waals surface area contributed by atoms with E-state index in [0.717, 1.165) is 28.1 Å². The number of aromatic nitrogens is 5. The van der Waals surface area contributed by atoms with Crippen molar-refractivity contribution in [3.8, 4) is 22.5 Å². The van der Waals surface area contributed by atoms with E-state index in [2.05, 4.69) is 30.5 Å². The molecule has 0 bridgehead atoms. The van der Waals surface area contributed by atoms with Crippen molar-refractivity contribution < 1.29 is 4.79 Å². The van der Waals surface area contributed by atoms with Gasteiger partial charge in [-0.2, -0.15) is 10.2 Å². The van der Waals surface area contributed by atoms with Crippen molar-refractivity contribution >= 4 is 11.7 Å². The topological polar surface area (TPSA) is 93.6 Å². The fourth-order valence-corrected chi connectivity index (χ4v) is 2.67. The van der Waals surface area contributed by atoms with E-state index in [1.807, 2.05) is 42.5 Å². The third kappa shape index (κ3) is 4.21. The largest absolute Gasteiger partial charge is 0.310 e. The predicted molar refractivity (Wildman–Crippen MR) is 105 cm³/mol. The summed E-state index contributed by atoms with van der Waals surface area (Å²) in [5, 5.41) is 10.7. The van der Waals surface area contributed by atoms with Gasteiger partial charge in [-0.1, -0.05) is 6.07 Å². The molecule has 28 heavy (non-hydrogen) atoms. The van der Waals surface area contributed by atoms with Crippen LogP contribution in [0.1, 0.15) is 5.56 Å². The van der Waals surface area contributed by atoms with Crippen molar-refractivity contribution in [2.24, 2.45) is 0 Å². The van der Waals surface area contributed by atoms with Gasteiger partial charge < -0.3 is 5.32 Å². The van der Waals surface area contributed by atoms with Crippen LogP contribution in [0.2, 0.25) is 0 Å². The quantitative estimate of drug-likeness (QED) is 0.581. The molecule has 0 saturated carbocycles. The first-order valence-corrected chi connectivity index (χ1v) is 8.67. The van der Waals surface area contributed by atoms with Crippen molar-refractivity contribution in [2.45, 2.75) is 6.42 Å². The highest BCUT2D eigenvalue weighted by molar-refractivity contribution is 5.91. The Morgan fingerprint density at radius 2 is 1.71 bits per heavy atom.